The van der Waals surface area contributed by atoms with E-state index in [1.54, 1.807) is 20.3 Å². The van der Waals surface area contributed by atoms with Crippen LogP contribution in [0.4, 0.5) is 0 Å². The Balaban J connectivity index is 2.50. The first-order valence-corrected chi connectivity index (χ1v) is 7.24. The molecule has 4 nitrogen and oxygen atoms in total. The maximum atomic E-state index is 11.7. The van der Waals surface area contributed by atoms with Crippen LogP contribution in [0.5, 0.6) is 11.5 Å². The normalized spacial score (nSPS) is 10.9. The van der Waals surface area contributed by atoms with E-state index in [9.17, 15) is 4.79 Å². The number of carbonyl (C=O) groups is 1. The summed E-state index contributed by atoms with van der Waals surface area (Å²) in [5.74, 6) is 1.92. The Morgan fingerprint density at radius 1 is 1.24 bits per heavy atom. The van der Waals surface area contributed by atoms with Crippen LogP contribution in [0.25, 0.3) is 6.08 Å². The van der Waals surface area contributed by atoms with Gasteiger partial charge in [0.1, 0.15) is 0 Å². The van der Waals surface area contributed by atoms with Gasteiger partial charge in [0.25, 0.3) is 0 Å². The number of hydrogen-bond acceptors (Lipinski definition) is 3. The molecule has 1 N–H and O–H groups in total. The topological polar surface area (TPSA) is 47.6 Å². The molecular formula is C17H25NO3. The Labute approximate surface area is 127 Å². The lowest BCUT2D eigenvalue weighted by atomic mass is 10.1. The number of benzene rings is 1. The molecule has 0 spiro atoms. The predicted octanol–water partition coefficient (Wildman–Crippen LogP) is 3.27. The van der Waals surface area contributed by atoms with Crippen LogP contribution in [0.3, 0.4) is 0 Å². The lowest BCUT2D eigenvalue weighted by Crippen LogP contribution is -2.22. The number of methoxy groups -OCH3 is 2. The quantitative estimate of drug-likeness (QED) is 0.590. The van der Waals surface area contributed by atoms with Crippen molar-refractivity contribution in [2.24, 2.45) is 5.92 Å². The van der Waals surface area contributed by atoms with Gasteiger partial charge in [0.2, 0.25) is 5.91 Å². The minimum absolute atomic E-state index is 0.0754. The van der Waals surface area contributed by atoms with Gasteiger partial charge in [-0.25, -0.2) is 0 Å². The molecule has 1 aromatic rings. The minimum Gasteiger partial charge on any atom is -0.493 e. The average Bonchev–Trinajstić information content (AvgIpc) is 2.48. The number of rotatable bonds is 8. The van der Waals surface area contributed by atoms with E-state index in [2.05, 4.69) is 19.2 Å². The summed E-state index contributed by atoms with van der Waals surface area (Å²) in [4.78, 5) is 11.7. The van der Waals surface area contributed by atoms with Gasteiger partial charge >= 0.3 is 0 Å². The van der Waals surface area contributed by atoms with Gasteiger partial charge in [-0.2, -0.15) is 0 Å². The second-order valence-electron chi connectivity index (χ2n) is 5.27. The second kappa shape index (κ2) is 9.06. The molecule has 0 aliphatic heterocycles. The Morgan fingerprint density at radius 3 is 2.57 bits per heavy atom. The second-order valence-corrected chi connectivity index (χ2v) is 5.27. The molecule has 1 aromatic carbocycles. The Kier molecular flexibility index (Phi) is 7.37. The zero-order valence-corrected chi connectivity index (χ0v) is 13.3. The molecule has 1 rings (SSSR count). The molecule has 1 amide bonds. The smallest absolute Gasteiger partial charge is 0.243 e. The van der Waals surface area contributed by atoms with Crippen LogP contribution in [0.1, 0.15) is 32.3 Å². The maximum Gasteiger partial charge on any atom is 0.243 e. The highest BCUT2D eigenvalue weighted by molar-refractivity contribution is 5.91. The van der Waals surface area contributed by atoms with Crippen LogP contribution in [0.15, 0.2) is 24.3 Å². The molecular weight excluding hydrogens is 266 g/mol. The van der Waals surface area contributed by atoms with Crippen LogP contribution in [-0.2, 0) is 4.79 Å². The van der Waals surface area contributed by atoms with Gasteiger partial charge in [0.15, 0.2) is 11.5 Å². The third kappa shape index (κ3) is 6.34. The summed E-state index contributed by atoms with van der Waals surface area (Å²) in [6.45, 7) is 5.07. The highest BCUT2D eigenvalue weighted by Gasteiger charge is 2.03. The van der Waals surface area contributed by atoms with Crippen molar-refractivity contribution >= 4 is 12.0 Å². The Hall–Kier alpha value is -1.97. The SMILES string of the molecule is COc1ccc(/C=C/C(=O)NCCCC(C)C)cc1OC. The van der Waals surface area contributed by atoms with Gasteiger partial charge in [-0.15, -0.1) is 0 Å². The van der Waals surface area contributed by atoms with Crippen molar-refractivity contribution in [2.45, 2.75) is 26.7 Å². The van der Waals surface area contributed by atoms with Gasteiger partial charge in [-0.05, 0) is 42.5 Å². The van der Waals surface area contributed by atoms with Crippen molar-refractivity contribution in [2.75, 3.05) is 20.8 Å². The van der Waals surface area contributed by atoms with E-state index in [1.807, 2.05) is 18.2 Å². The van der Waals surface area contributed by atoms with Crippen LogP contribution in [-0.4, -0.2) is 26.7 Å². The van der Waals surface area contributed by atoms with Gasteiger partial charge < -0.3 is 14.8 Å². The van der Waals surface area contributed by atoms with Crippen molar-refractivity contribution in [1.29, 1.82) is 0 Å². The molecule has 116 valence electrons. The van der Waals surface area contributed by atoms with Crippen LogP contribution in [0, 0.1) is 5.92 Å². The molecule has 0 heterocycles. The van der Waals surface area contributed by atoms with Gasteiger partial charge in [0, 0.05) is 12.6 Å². The molecule has 21 heavy (non-hydrogen) atoms. The van der Waals surface area contributed by atoms with Gasteiger partial charge in [-0.3, -0.25) is 4.79 Å². The highest BCUT2D eigenvalue weighted by atomic mass is 16.5. The van der Waals surface area contributed by atoms with Crippen molar-refractivity contribution in [3.8, 4) is 11.5 Å². The molecule has 0 bridgehead atoms. The summed E-state index contributed by atoms with van der Waals surface area (Å²) in [5, 5.41) is 2.88. The van der Waals surface area contributed by atoms with E-state index in [1.165, 1.54) is 6.08 Å². The van der Waals surface area contributed by atoms with Crippen molar-refractivity contribution in [3.63, 3.8) is 0 Å². The number of ether oxygens (including phenoxy) is 2. The lowest BCUT2D eigenvalue weighted by Gasteiger charge is -2.07. The average molecular weight is 291 g/mol. The summed E-state index contributed by atoms with van der Waals surface area (Å²) >= 11 is 0. The van der Waals surface area contributed by atoms with Gasteiger partial charge in [0.05, 0.1) is 14.2 Å². The molecule has 0 unspecified atom stereocenters. The van der Waals surface area contributed by atoms with E-state index in [0.29, 0.717) is 24.0 Å². The van der Waals surface area contributed by atoms with E-state index in [0.717, 1.165) is 18.4 Å². The summed E-state index contributed by atoms with van der Waals surface area (Å²) in [6, 6.07) is 5.53. The third-order valence-corrected chi connectivity index (χ3v) is 3.09. The zero-order valence-electron chi connectivity index (χ0n) is 13.3. The number of hydrogen-bond donors (Lipinski definition) is 1. The molecule has 0 aromatic heterocycles. The summed E-state index contributed by atoms with van der Waals surface area (Å²) in [5.41, 5.74) is 0.894. The first kappa shape index (κ1) is 17.1. The Morgan fingerprint density at radius 2 is 1.95 bits per heavy atom. The minimum atomic E-state index is -0.0754. The molecule has 0 aliphatic carbocycles. The molecule has 0 atom stereocenters. The fourth-order valence-electron chi connectivity index (χ4n) is 1.91. The van der Waals surface area contributed by atoms with E-state index >= 15 is 0 Å². The Bertz CT molecular complexity index is 481. The molecule has 0 aliphatic rings. The van der Waals surface area contributed by atoms with Crippen LogP contribution < -0.4 is 14.8 Å². The first-order valence-electron chi connectivity index (χ1n) is 7.24. The van der Waals surface area contributed by atoms with Gasteiger partial charge in [-0.1, -0.05) is 19.9 Å². The van der Waals surface area contributed by atoms with Crippen LogP contribution >= 0.6 is 0 Å². The molecule has 0 fully saturated rings. The largest absolute Gasteiger partial charge is 0.493 e. The van der Waals surface area contributed by atoms with Crippen molar-refractivity contribution in [3.05, 3.63) is 29.8 Å². The zero-order chi connectivity index (χ0) is 15.7. The predicted molar refractivity (Wildman–Crippen MR) is 85.7 cm³/mol. The third-order valence-electron chi connectivity index (χ3n) is 3.09. The summed E-state index contributed by atoms with van der Waals surface area (Å²) in [7, 11) is 3.19. The monoisotopic (exact) mass is 291 g/mol. The fourth-order valence-corrected chi connectivity index (χ4v) is 1.91. The van der Waals surface area contributed by atoms with Crippen molar-refractivity contribution in [1.82, 2.24) is 5.32 Å². The molecule has 0 saturated heterocycles. The molecule has 4 heteroatoms. The van der Waals surface area contributed by atoms with E-state index in [4.69, 9.17) is 9.47 Å². The maximum absolute atomic E-state index is 11.7. The summed E-state index contributed by atoms with van der Waals surface area (Å²) < 4.78 is 10.4. The first-order chi connectivity index (χ1) is 10.1. The van der Waals surface area contributed by atoms with Crippen LogP contribution in [0.2, 0.25) is 0 Å². The number of amides is 1. The lowest BCUT2D eigenvalue weighted by molar-refractivity contribution is -0.116. The fraction of sp³-hybridized carbons (Fsp3) is 0.471. The van der Waals surface area contributed by atoms with E-state index < -0.39 is 0 Å². The standard InChI is InChI=1S/C17H25NO3/c1-13(2)6-5-11-18-17(19)10-8-14-7-9-15(20-3)16(12-14)21-4/h7-10,12-13H,5-6,11H2,1-4H3,(H,18,19)/b10-8+. The number of nitrogens with one attached hydrogen (secondary N) is 1. The highest BCUT2D eigenvalue weighted by Crippen LogP contribution is 2.27. The summed E-state index contributed by atoms with van der Waals surface area (Å²) in [6.07, 6.45) is 5.43. The van der Waals surface area contributed by atoms with Crippen molar-refractivity contribution < 1.29 is 14.3 Å². The molecule has 0 radical (unpaired) electrons. The van der Waals surface area contributed by atoms with E-state index in [-0.39, 0.29) is 5.91 Å². The molecule has 0 saturated carbocycles. The number of carbonyl (C=O) groups excluding carboxylic acids is 1.